The van der Waals surface area contributed by atoms with Gasteiger partial charge in [0.05, 0.1) is 36.4 Å². The lowest BCUT2D eigenvalue weighted by Gasteiger charge is -2.25. The molecule has 0 bridgehead atoms. The number of alkyl halides is 3. The zero-order chi connectivity index (χ0) is 23.5. The van der Waals surface area contributed by atoms with Gasteiger partial charge in [0.2, 0.25) is 5.91 Å². The van der Waals surface area contributed by atoms with E-state index in [4.69, 9.17) is 0 Å². The van der Waals surface area contributed by atoms with Crippen LogP contribution in [0.1, 0.15) is 46.4 Å². The second-order valence-corrected chi connectivity index (χ2v) is 7.88. The van der Waals surface area contributed by atoms with E-state index >= 15 is 0 Å². The maximum atomic E-state index is 13.0. The van der Waals surface area contributed by atoms with Crippen LogP contribution in [0.2, 0.25) is 0 Å². The highest BCUT2D eigenvalue weighted by Crippen LogP contribution is 2.30. The van der Waals surface area contributed by atoms with Crippen LogP contribution in [-0.4, -0.2) is 47.7 Å². The lowest BCUT2D eigenvalue weighted by atomic mass is 10.0. The molecule has 32 heavy (non-hydrogen) atoms. The summed E-state index contributed by atoms with van der Waals surface area (Å²) < 4.78 is 43.7. The Hall–Kier alpha value is -2.91. The number of amides is 1. The van der Waals surface area contributed by atoms with Crippen molar-refractivity contribution >= 4 is 11.9 Å². The lowest BCUT2D eigenvalue weighted by molar-refractivity contribution is -0.137. The molecule has 0 saturated carbocycles. The number of hydrogen-bond donors (Lipinski definition) is 2. The average Bonchev–Trinajstić information content (AvgIpc) is 3.13. The third-order valence-corrected chi connectivity index (χ3v) is 5.51. The molecule has 2 N–H and O–H groups in total. The van der Waals surface area contributed by atoms with Crippen molar-refractivity contribution in [3.05, 3.63) is 70.8 Å². The van der Waals surface area contributed by atoms with Crippen molar-refractivity contribution in [1.29, 1.82) is 0 Å². The number of nitrogens with zero attached hydrogens (tertiary/aromatic N) is 1. The molecular formula is C23H25F3N2O4. The second kappa shape index (κ2) is 9.70. The highest BCUT2D eigenvalue weighted by Gasteiger charge is 2.37. The van der Waals surface area contributed by atoms with Gasteiger partial charge in [0.25, 0.3) is 0 Å². The molecule has 3 atom stereocenters. The second-order valence-electron chi connectivity index (χ2n) is 7.88. The summed E-state index contributed by atoms with van der Waals surface area (Å²) in [4.78, 5) is 26.1. The van der Waals surface area contributed by atoms with Crippen LogP contribution in [0.3, 0.4) is 0 Å². The van der Waals surface area contributed by atoms with Gasteiger partial charge < -0.3 is 15.2 Å². The van der Waals surface area contributed by atoms with Crippen LogP contribution < -0.4 is 5.32 Å². The molecule has 0 aromatic heterocycles. The topological polar surface area (TPSA) is 78.9 Å². The summed E-state index contributed by atoms with van der Waals surface area (Å²) in [6, 6.07) is 10.5. The predicted octanol–water partition coefficient (Wildman–Crippen LogP) is 3.30. The summed E-state index contributed by atoms with van der Waals surface area (Å²) in [5.74, 6) is -0.781. The number of ether oxygens (including phenoxy) is 1. The highest BCUT2D eigenvalue weighted by molar-refractivity contribution is 5.89. The Morgan fingerprint density at radius 2 is 1.91 bits per heavy atom. The Morgan fingerprint density at radius 1 is 1.22 bits per heavy atom. The van der Waals surface area contributed by atoms with E-state index in [-0.39, 0.29) is 31.5 Å². The molecule has 2 aromatic carbocycles. The van der Waals surface area contributed by atoms with Crippen LogP contribution in [0.4, 0.5) is 13.2 Å². The first kappa shape index (κ1) is 23.7. The SMILES string of the molecule is COC(=O)c1ccc([C@H](C)NC(=O)[C@H]2C[C@@H](O)CN2Cc2cccc(C(F)(F)F)c2)cc1. The van der Waals surface area contributed by atoms with E-state index < -0.39 is 29.9 Å². The Bertz CT molecular complexity index is 962. The standard InChI is InChI=1S/C23H25F3N2O4/c1-14(16-6-8-17(9-7-16)22(31)32-2)27-21(30)20-11-19(29)13-28(20)12-15-4-3-5-18(10-15)23(24,25)26/h3-10,14,19-20,29H,11-13H2,1-2H3,(H,27,30)/t14-,19+,20+/m0/s1. The van der Waals surface area contributed by atoms with Crippen LogP contribution in [0.15, 0.2) is 48.5 Å². The van der Waals surface area contributed by atoms with Crippen LogP contribution >= 0.6 is 0 Å². The van der Waals surface area contributed by atoms with Gasteiger partial charge in [0.1, 0.15) is 0 Å². The van der Waals surface area contributed by atoms with Gasteiger partial charge in [-0.3, -0.25) is 9.69 Å². The van der Waals surface area contributed by atoms with E-state index in [1.165, 1.54) is 13.2 Å². The molecular weight excluding hydrogens is 425 g/mol. The Labute approximate surface area is 184 Å². The van der Waals surface area contributed by atoms with Gasteiger partial charge in [-0.25, -0.2) is 4.79 Å². The molecule has 0 spiro atoms. The van der Waals surface area contributed by atoms with Gasteiger partial charge in [0.15, 0.2) is 0 Å². The number of rotatable bonds is 6. The maximum absolute atomic E-state index is 13.0. The molecule has 3 rings (SSSR count). The summed E-state index contributed by atoms with van der Waals surface area (Å²) in [7, 11) is 1.29. The molecule has 6 nitrogen and oxygen atoms in total. The number of carbonyl (C=O) groups is 2. The van der Waals surface area contributed by atoms with Crippen molar-refractivity contribution in [2.45, 2.75) is 44.3 Å². The fourth-order valence-electron chi connectivity index (χ4n) is 3.83. The molecule has 0 aliphatic carbocycles. The van der Waals surface area contributed by atoms with Crippen LogP contribution in [-0.2, 0) is 22.3 Å². The van der Waals surface area contributed by atoms with Gasteiger partial charge in [-0.05, 0) is 42.7 Å². The maximum Gasteiger partial charge on any atom is 0.416 e. The zero-order valence-corrected chi connectivity index (χ0v) is 17.7. The quantitative estimate of drug-likeness (QED) is 0.661. The van der Waals surface area contributed by atoms with Crippen LogP contribution in [0, 0.1) is 0 Å². The first-order valence-electron chi connectivity index (χ1n) is 10.2. The summed E-state index contributed by atoms with van der Waals surface area (Å²) in [5.41, 5.74) is 0.827. The minimum atomic E-state index is -4.45. The lowest BCUT2D eigenvalue weighted by Crippen LogP contribution is -2.43. The van der Waals surface area contributed by atoms with Crippen molar-refractivity contribution in [1.82, 2.24) is 10.2 Å². The van der Waals surface area contributed by atoms with E-state index in [1.54, 1.807) is 42.2 Å². The molecule has 0 radical (unpaired) electrons. The number of carbonyl (C=O) groups excluding carboxylic acids is 2. The van der Waals surface area contributed by atoms with E-state index in [1.807, 2.05) is 0 Å². The largest absolute Gasteiger partial charge is 0.465 e. The van der Waals surface area contributed by atoms with Crippen LogP contribution in [0.25, 0.3) is 0 Å². The highest BCUT2D eigenvalue weighted by atomic mass is 19.4. The average molecular weight is 450 g/mol. The minimum Gasteiger partial charge on any atom is -0.465 e. The third-order valence-electron chi connectivity index (χ3n) is 5.51. The van der Waals surface area contributed by atoms with Gasteiger partial charge in [-0.15, -0.1) is 0 Å². The summed E-state index contributed by atoms with van der Waals surface area (Å²) >= 11 is 0. The van der Waals surface area contributed by atoms with E-state index in [9.17, 15) is 27.9 Å². The molecule has 1 aliphatic rings. The monoisotopic (exact) mass is 450 g/mol. The smallest absolute Gasteiger partial charge is 0.416 e. The van der Waals surface area contributed by atoms with E-state index in [0.717, 1.165) is 17.7 Å². The number of benzene rings is 2. The minimum absolute atomic E-state index is 0.112. The van der Waals surface area contributed by atoms with E-state index in [2.05, 4.69) is 10.1 Å². The summed E-state index contributed by atoms with van der Waals surface area (Å²) in [6.07, 6.45) is -5.00. The number of esters is 1. The summed E-state index contributed by atoms with van der Waals surface area (Å²) in [5, 5.41) is 13.0. The summed E-state index contributed by atoms with van der Waals surface area (Å²) in [6.45, 7) is 2.09. The Kier molecular flexibility index (Phi) is 7.20. The predicted molar refractivity (Wildman–Crippen MR) is 111 cm³/mol. The van der Waals surface area contributed by atoms with Gasteiger partial charge in [0, 0.05) is 13.1 Å². The molecule has 0 unspecified atom stereocenters. The first-order valence-corrected chi connectivity index (χ1v) is 10.2. The van der Waals surface area contributed by atoms with Gasteiger partial charge in [-0.1, -0.05) is 30.3 Å². The molecule has 1 aliphatic heterocycles. The van der Waals surface area contributed by atoms with Crippen molar-refractivity contribution < 1.29 is 32.6 Å². The van der Waals surface area contributed by atoms with Crippen LogP contribution in [0.5, 0.6) is 0 Å². The van der Waals surface area contributed by atoms with Crippen molar-refractivity contribution in [3.63, 3.8) is 0 Å². The Morgan fingerprint density at radius 3 is 2.53 bits per heavy atom. The molecule has 1 heterocycles. The number of aliphatic hydroxyl groups excluding tert-OH is 1. The van der Waals surface area contributed by atoms with Gasteiger partial charge >= 0.3 is 12.1 Å². The number of likely N-dealkylation sites (tertiary alicyclic amines) is 1. The molecule has 1 amide bonds. The Balaban J connectivity index is 1.68. The van der Waals surface area contributed by atoms with E-state index in [0.29, 0.717) is 11.1 Å². The molecule has 1 saturated heterocycles. The number of nitrogens with one attached hydrogen (secondary N) is 1. The van der Waals surface area contributed by atoms with Crippen molar-refractivity contribution in [2.75, 3.05) is 13.7 Å². The third kappa shape index (κ3) is 5.66. The number of aliphatic hydroxyl groups is 1. The molecule has 9 heteroatoms. The first-order chi connectivity index (χ1) is 15.1. The normalized spacial score (nSPS) is 20.1. The number of halogens is 3. The zero-order valence-electron chi connectivity index (χ0n) is 17.7. The number of methoxy groups -OCH3 is 1. The molecule has 172 valence electrons. The molecule has 1 fully saturated rings. The van der Waals surface area contributed by atoms with Crippen molar-refractivity contribution in [3.8, 4) is 0 Å². The number of β-amino-alcohol motifs (C(OH)–C–C–N with tert-alkyl or cyclic N) is 1. The van der Waals surface area contributed by atoms with Crippen molar-refractivity contribution in [2.24, 2.45) is 0 Å². The number of hydrogen-bond acceptors (Lipinski definition) is 5. The van der Waals surface area contributed by atoms with Gasteiger partial charge in [-0.2, -0.15) is 13.2 Å². The fraction of sp³-hybridized carbons (Fsp3) is 0.391. The fourth-order valence-corrected chi connectivity index (χ4v) is 3.83. The molecule has 2 aromatic rings.